The van der Waals surface area contributed by atoms with Crippen LogP contribution in [0.3, 0.4) is 0 Å². The summed E-state index contributed by atoms with van der Waals surface area (Å²) in [6, 6.07) is 6.53. The van der Waals surface area contributed by atoms with Crippen molar-refractivity contribution in [1.29, 1.82) is 0 Å². The van der Waals surface area contributed by atoms with Crippen LogP contribution >= 0.6 is 0 Å². The van der Waals surface area contributed by atoms with Crippen LogP contribution in [0.5, 0.6) is 5.88 Å². The fraction of sp³-hybridized carbons (Fsp3) is 0.467. The van der Waals surface area contributed by atoms with E-state index in [-0.39, 0.29) is 0 Å². The fourth-order valence-corrected chi connectivity index (χ4v) is 3.41. The van der Waals surface area contributed by atoms with Crippen molar-refractivity contribution in [2.24, 2.45) is 5.92 Å². The Morgan fingerprint density at radius 2 is 2.25 bits per heavy atom. The van der Waals surface area contributed by atoms with E-state index in [0.717, 1.165) is 36.6 Å². The SMILES string of the molecule is COc1ccc2nccc(N3C[C@H]4CCN[C@H]4C3)c2n1. The number of anilines is 1. The first-order chi connectivity index (χ1) is 9.85. The number of aromatic nitrogens is 2. The van der Waals surface area contributed by atoms with Crippen LogP contribution in [0.25, 0.3) is 11.0 Å². The molecule has 2 saturated heterocycles. The number of pyridine rings is 2. The Balaban J connectivity index is 1.75. The van der Waals surface area contributed by atoms with E-state index in [9.17, 15) is 0 Å². The van der Waals surface area contributed by atoms with Crippen molar-refractivity contribution in [2.45, 2.75) is 12.5 Å². The van der Waals surface area contributed by atoms with Gasteiger partial charge in [-0.15, -0.1) is 0 Å². The monoisotopic (exact) mass is 270 g/mol. The Morgan fingerprint density at radius 1 is 1.30 bits per heavy atom. The fourth-order valence-electron chi connectivity index (χ4n) is 3.41. The summed E-state index contributed by atoms with van der Waals surface area (Å²) in [6.45, 7) is 3.32. The molecule has 5 nitrogen and oxygen atoms in total. The van der Waals surface area contributed by atoms with Gasteiger partial charge in [-0.1, -0.05) is 0 Å². The van der Waals surface area contributed by atoms with Gasteiger partial charge in [0.2, 0.25) is 5.88 Å². The van der Waals surface area contributed by atoms with Crippen molar-refractivity contribution < 1.29 is 4.74 Å². The summed E-state index contributed by atoms with van der Waals surface area (Å²) < 4.78 is 5.24. The second-order valence-corrected chi connectivity index (χ2v) is 5.57. The van der Waals surface area contributed by atoms with Gasteiger partial charge in [0.15, 0.2) is 0 Å². The molecule has 2 aromatic heterocycles. The molecule has 2 atom stereocenters. The molecule has 2 fully saturated rings. The maximum Gasteiger partial charge on any atom is 0.213 e. The first-order valence-corrected chi connectivity index (χ1v) is 7.13. The second kappa shape index (κ2) is 4.59. The minimum absolute atomic E-state index is 0.629. The maximum atomic E-state index is 5.24. The van der Waals surface area contributed by atoms with Gasteiger partial charge in [-0.2, -0.15) is 0 Å². The van der Waals surface area contributed by atoms with Gasteiger partial charge in [-0.05, 0) is 31.0 Å². The molecule has 4 heterocycles. The van der Waals surface area contributed by atoms with Crippen molar-refractivity contribution in [1.82, 2.24) is 15.3 Å². The molecule has 1 N–H and O–H groups in total. The van der Waals surface area contributed by atoms with E-state index < -0.39 is 0 Å². The Kier molecular flexibility index (Phi) is 2.73. The summed E-state index contributed by atoms with van der Waals surface area (Å²) in [6.07, 6.45) is 3.15. The number of hydrogen-bond acceptors (Lipinski definition) is 5. The third-order valence-corrected chi connectivity index (χ3v) is 4.45. The zero-order chi connectivity index (χ0) is 13.5. The smallest absolute Gasteiger partial charge is 0.213 e. The molecule has 0 amide bonds. The lowest BCUT2D eigenvalue weighted by atomic mass is 10.1. The number of nitrogens with zero attached hydrogens (tertiary/aromatic N) is 3. The lowest BCUT2D eigenvalue weighted by molar-refractivity contribution is 0.399. The minimum atomic E-state index is 0.629. The van der Waals surface area contributed by atoms with Crippen LogP contribution in [-0.2, 0) is 0 Å². The average molecular weight is 270 g/mol. The highest BCUT2D eigenvalue weighted by atomic mass is 16.5. The third-order valence-electron chi connectivity index (χ3n) is 4.45. The first-order valence-electron chi connectivity index (χ1n) is 7.13. The summed E-state index contributed by atoms with van der Waals surface area (Å²) in [4.78, 5) is 11.4. The lowest BCUT2D eigenvalue weighted by Crippen LogP contribution is -2.30. The molecular formula is C15H18N4O. The largest absolute Gasteiger partial charge is 0.481 e. The van der Waals surface area contributed by atoms with Gasteiger partial charge in [0.1, 0.15) is 5.52 Å². The van der Waals surface area contributed by atoms with Crippen molar-refractivity contribution in [3.63, 3.8) is 0 Å². The predicted octanol–water partition coefficient (Wildman–Crippen LogP) is 1.44. The molecule has 0 radical (unpaired) electrons. The highest BCUT2D eigenvalue weighted by Crippen LogP contribution is 2.32. The van der Waals surface area contributed by atoms with E-state index in [4.69, 9.17) is 4.74 Å². The summed E-state index contributed by atoms with van der Waals surface area (Å²) in [5.41, 5.74) is 3.03. The van der Waals surface area contributed by atoms with E-state index in [1.54, 1.807) is 7.11 Å². The molecule has 2 aliphatic heterocycles. The molecule has 20 heavy (non-hydrogen) atoms. The zero-order valence-electron chi connectivity index (χ0n) is 11.5. The standard InChI is InChI=1S/C15H18N4O/c1-20-14-3-2-11-15(18-14)13(5-7-16-11)19-8-10-4-6-17-12(10)9-19/h2-3,5,7,10,12,17H,4,6,8-9H2,1H3/t10-,12+/m1/s1. The van der Waals surface area contributed by atoms with Crippen LogP contribution in [-0.4, -0.2) is 42.8 Å². The maximum absolute atomic E-state index is 5.24. The van der Waals surface area contributed by atoms with Crippen molar-refractivity contribution >= 4 is 16.7 Å². The van der Waals surface area contributed by atoms with E-state index in [0.29, 0.717) is 11.9 Å². The molecule has 0 spiro atoms. The van der Waals surface area contributed by atoms with Crippen molar-refractivity contribution in [3.05, 3.63) is 24.4 Å². The van der Waals surface area contributed by atoms with Gasteiger partial charge in [-0.3, -0.25) is 4.98 Å². The van der Waals surface area contributed by atoms with Gasteiger partial charge in [0.25, 0.3) is 0 Å². The van der Waals surface area contributed by atoms with Gasteiger partial charge in [0.05, 0.1) is 18.3 Å². The van der Waals surface area contributed by atoms with E-state index in [2.05, 4.69) is 26.3 Å². The van der Waals surface area contributed by atoms with E-state index in [1.165, 1.54) is 12.1 Å². The summed E-state index contributed by atoms with van der Waals surface area (Å²) in [7, 11) is 1.65. The summed E-state index contributed by atoms with van der Waals surface area (Å²) in [5, 5.41) is 3.59. The Hall–Kier alpha value is -1.88. The van der Waals surface area contributed by atoms with Gasteiger partial charge in [-0.25, -0.2) is 4.98 Å². The molecule has 2 aliphatic rings. The number of ether oxygens (including phenoxy) is 1. The minimum Gasteiger partial charge on any atom is -0.481 e. The summed E-state index contributed by atoms with van der Waals surface area (Å²) in [5.74, 6) is 1.41. The molecule has 4 rings (SSSR count). The number of nitrogens with one attached hydrogen (secondary N) is 1. The highest BCUT2D eigenvalue weighted by molar-refractivity contribution is 5.88. The zero-order valence-corrected chi connectivity index (χ0v) is 11.5. The van der Waals surface area contributed by atoms with E-state index in [1.807, 2.05) is 18.3 Å². The van der Waals surface area contributed by atoms with E-state index >= 15 is 0 Å². The van der Waals surface area contributed by atoms with Crippen LogP contribution < -0.4 is 15.0 Å². The van der Waals surface area contributed by atoms with Gasteiger partial charge in [0, 0.05) is 31.4 Å². The average Bonchev–Trinajstić information content (AvgIpc) is 3.07. The third kappa shape index (κ3) is 1.81. The number of rotatable bonds is 2. The Bertz CT molecular complexity index is 633. The molecule has 104 valence electrons. The molecule has 5 heteroatoms. The van der Waals surface area contributed by atoms with Crippen LogP contribution in [0, 0.1) is 5.92 Å². The van der Waals surface area contributed by atoms with Crippen LogP contribution in [0.15, 0.2) is 24.4 Å². The van der Waals surface area contributed by atoms with Crippen LogP contribution in [0.4, 0.5) is 5.69 Å². The molecule has 0 unspecified atom stereocenters. The summed E-state index contributed by atoms with van der Waals surface area (Å²) >= 11 is 0. The Morgan fingerprint density at radius 3 is 3.10 bits per heavy atom. The van der Waals surface area contributed by atoms with Crippen molar-refractivity contribution in [2.75, 3.05) is 31.6 Å². The first kappa shape index (κ1) is 11.9. The molecule has 0 aromatic carbocycles. The molecule has 0 saturated carbocycles. The number of fused-ring (bicyclic) bond motifs is 2. The quantitative estimate of drug-likeness (QED) is 0.895. The molecule has 2 aromatic rings. The molecule has 0 aliphatic carbocycles. The lowest BCUT2D eigenvalue weighted by Gasteiger charge is -2.20. The topological polar surface area (TPSA) is 50.3 Å². The van der Waals surface area contributed by atoms with Crippen molar-refractivity contribution in [3.8, 4) is 5.88 Å². The second-order valence-electron chi connectivity index (χ2n) is 5.57. The van der Waals surface area contributed by atoms with Crippen LogP contribution in [0.2, 0.25) is 0 Å². The Labute approximate surface area is 118 Å². The predicted molar refractivity (Wildman–Crippen MR) is 78.2 cm³/mol. The molecular weight excluding hydrogens is 252 g/mol. The molecule has 0 bridgehead atoms. The highest BCUT2D eigenvalue weighted by Gasteiger charge is 2.36. The van der Waals surface area contributed by atoms with Crippen LogP contribution in [0.1, 0.15) is 6.42 Å². The number of hydrogen-bond donors (Lipinski definition) is 1. The van der Waals surface area contributed by atoms with Gasteiger partial charge >= 0.3 is 0 Å². The van der Waals surface area contributed by atoms with Gasteiger partial charge < -0.3 is 15.0 Å². The normalized spacial score (nSPS) is 25.1. The number of methoxy groups -OCH3 is 1.